The summed E-state index contributed by atoms with van der Waals surface area (Å²) in [6.45, 7) is 0. The molecule has 0 aliphatic carbocycles. The van der Waals surface area contributed by atoms with Crippen molar-refractivity contribution in [1.29, 1.82) is 0 Å². The van der Waals surface area contributed by atoms with Crippen molar-refractivity contribution >= 4 is 28.8 Å². The highest BCUT2D eigenvalue weighted by Gasteiger charge is 2.10. The number of aromatic nitrogens is 2. The predicted octanol–water partition coefficient (Wildman–Crippen LogP) is 3.82. The lowest BCUT2D eigenvalue weighted by atomic mass is 10.2. The predicted molar refractivity (Wildman–Crippen MR) is 100 cm³/mol. The highest BCUT2D eigenvalue weighted by molar-refractivity contribution is 6.02. The van der Waals surface area contributed by atoms with Crippen LogP contribution in [0.3, 0.4) is 0 Å². The summed E-state index contributed by atoms with van der Waals surface area (Å²) in [6.07, 6.45) is 0. The van der Waals surface area contributed by atoms with Crippen LogP contribution < -0.4 is 15.5 Å². The zero-order chi connectivity index (χ0) is 19.4. The molecule has 0 fully saturated rings. The van der Waals surface area contributed by atoms with Crippen LogP contribution in [0.25, 0.3) is 0 Å². The summed E-state index contributed by atoms with van der Waals surface area (Å²) >= 11 is 0. The van der Waals surface area contributed by atoms with Crippen molar-refractivity contribution < 1.29 is 13.6 Å². The highest BCUT2D eigenvalue weighted by atomic mass is 19.2. The number of nitrogens with zero attached hydrogens (tertiary/aromatic N) is 3. The van der Waals surface area contributed by atoms with E-state index in [1.165, 1.54) is 18.2 Å². The molecular weight excluding hydrogens is 352 g/mol. The number of nitrogens with one attached hydrogen (secondary N) is 2. The lowest BCUT2D eigenvalue weighted by Crippen LogP contribution is -2.15. The molecular formula is C19H17F2N5O. The normalized spacial score (nSPS) is 10.4. The van der Waals surface area contributed by atoms with Crippen LogP contribution in [0.4, 0.5) is 31.7 Å². The number of anilines is 4. The Morgan fingerprint density at radius 2 is 1.59 bits per heavy atom. The molecule has 0 aliphatic rings. The molecule has 138 valence electrons. The van der Waals surface area contributed by atoms with Crippen LogP contribution in [-0.2, 0) is 0 Å². The third kappa shape index (κ3) is 4.55. The van der Waals surface area contributed by atoms with Gasteiger partial charge >= 0.3 is 0 Å². The number of carbonyl (C=O) groups excluding carboxylic acids is 1. The van der Waals surface area contributed by atoms with Crippen molar-refractivity contribution in [2.75, 3.05) is 29.6 Å². The van der Waals surface area contributed by atoms with E-state index in [1.54, 1.807) is 12.1 Å². The minimum atomic E-state index is -0.968. The second kappa shape index (κ2) is 7.77. The average molecular weight is 369 g/mol. The second-order valence-electron chi connectivity index (χ2n) is 5.95. The van der Waals surface area contributed by atoms with Gasteiger partial charge in [-0.1, -0.05) is 0 Å². The number of amides is 1. The standard InChI is InChI=1S/C19H17F2N5O/c1-26(2)14-6-3-12(4-7-14)23-19(27)17-9-10-18(25-24-17)22-13-5-8-15(20)16(21)11-13/h3-11H,1-2H3,(H,22,25)(H,23,27). The zero-order valence-electron chi connectivity index (χ0n) is 14.7. The van der Waals surface area contributed by atoms with Gasteiger partial charge in [0.05, 0.1) is 0 Å². The van der Waals surface area contributed by atoms with E-state index in [1.807, 2.05) is 31.1 Å². The molecule has 2 N–H and O–H groups in total. The van der Waals surface area contributed by atoms with Gasteiger partial charge in [0.2, 0.25) is 0 Å². The number of hydrogen-bond donors (Lipinski definition) is 2. The maximum atomic E-state index is 13.2. The maximum absolute atomic E-state index is 13.2. The van der Waals surface area contributed by atoms with Gasteiger partial charge in [-0.25, -0.2) is 8.78 Å². The van der Waals surface area contributed by atoms with Gasteiger partial charge in [0.15, 0.2) is 23.1 Å². The number of halogens is 2. The fourth-order valence-electron chi connectivity index (χ4n) is 2.28. The Hall–Kier alpha value is -3.55. The fraction of sp³-hybridized carbons (Fsp3) is 0.105. The molecule has 0 saturated heterocycles. The molecule has 0 unspecified atom stereocenters. The van der Waals surface area contributed by atoms with E-state index in [2.05, 4.69) is 20.8 Å². The van der Waals surface area contributed by atoms with Crippen LogP contribution in [0.2, 0.25) is 0 Å². The van der Waals surface area contributed by atoms with Crippen LogP contribution >= 0.6 is 0 Å². The molecule has 0 bridgehead atoms. The molecule has 6 nitrogen and oxygen atoms in total. The molecule has 0 radical (unpaired) electrons. The molecule has 1 amide bonds. The van der Waals surface area contributed by atoms with Crippen LogP contribution in [0.15, 0.2) is 54.6 Å². The first-order chi connectivity index (χ1) is 12.9. The van der Waals surface area contributed by atoms with Gasteiger partial charge in [-0.15, -0.1) is 10.2 Å². The van der Waals surface area contributed by atoms with Crippen molar-refractivity contribution in [3.8, 4) is 0 Å². The zero-order valence-corrected chi connectivity index (χ0v) is 14.7. The van der Waals surface area contributed by atoms with E-state index in [0.29, 0.717) is 17.2 Å². The monoisotopic (exact) mass is 369 g/mol. The molecule has 0 aliphatic heterocycles. The Morgan fingerprint density at radius 3 is 2.19 bits per heavy atom. The summed E-state index contributed by atoms with van der Waals surface area (Å²) < 4.78 is 26.2. The molecule has 0 saturated carbocycles. The number of rotatable bonds is 5. The maximum Gasteiger partial charge on any atom is 0.276 e. The van der Waals surface area contributed by atoms with E-state index in [-0.39, 0.29) is 5.69 Å². The minimum Gasteiger partial charge on any atom is -0.378 e. The lowest BCUT2D eigenvalue weighted by Gasteiger charge is -2.13. The van der Waals surface area contributed by atoms with Gasteiger partial charge in [-0.3, -0.25) is 4.79 Å². The topological polar surface area (TPSA) is 70.2 Å². The molecule has 3 aromatic rings. The van der Waals surface area contributed by atoms with Crippen LogP contribution in [0.5, 0.6) is 0 Å². The van der Waals surface area contributed by atoms with E-state index in [4.69, 9.17) is 0 Å². The molecule has 1 heterocycles. The quantitative estimate of drug-likeness (QED) is 0.716. The summed E-state index contributed by atoms with van der Waals surface area (Å²) in [5, 5.41) is 13.3. The van der Waals surface area contributed by atoms with Crippen molar-refractivity contribution in [2.45, 2.75) is 0 Å². The first-order valence-electron chi connectivity index (χ1n) is 8.07. The van der Waals surface area contributed by atoms with Crippen molar-refractivity contribution in [3.63, 3.8) is 0 Å². The van der Waals surface area contributed by atoms with Gasteiger partial charge in [0, 0.05) is 37.2 Å². The number of benzene rings is 2. The minimum absolute atomic E-state index is 0.127. The van der Waals surface area contributed by atoms with Gasteiger partial charge in [0.25, 0.3) is 5.91 Å². The molecule has 27 heavy (non-hydrogen) atoms. The second-order valence-corrected chi connectivity index (χ2v) is 5.95. The SMILES string of the molecule is CN(C)c1ccc(NC(=O)c2ccc(Nc3ccc(F)c(F)c3)nn2)cc1. The van der Waals surface area contributed by atoms with E-state index in [0.717, 1.165) is 17.8 Å². The summed E-state index contributed by atoms with van der Waals surface area (Å²) in [5.41, 5.74) is 2.10. The van der Waals surface area contributed by atoms with Crippen molar-refractivity contribution in [2.24, 2.45) is 0 Å². The Labute approximate surface area is 154 Å². The molecule has 0 spiro atoms. The smallest absolute Gasteiger partial charge is 0.276 e. The summed E-state index contributed by atoms with van der Waals surface area (Å²) in [7, 11) is 3.86. The Balaban J connectivity index is 1.65. The molecule has 0 atom stereocenters. The molecule has 1 aromatic heterocycles. The van der Waals surface area contributed by atoms with Gasteiger partial charge in [-0.05, 0) is 48.5 Å². The first-order valence-corrected chi connectivity index (χ1v) is 8.07. The van der Waals surface area contributed by atoms with E-state index < -0.39 is 17.5 Å². The summed E-state index contributed by atoms with van der Waals surface area (Å²) in [5.74, 6) is -2.01. The highest BCUT2D eigenvalue weighted by Crippen LogP contribution is 2.18. The third-order valence-electron chi connectivity index (χ3n) is 3.73. The van der Waals surface area contributed by atoms with Crippen LogP contribution in [-0.4, -0.2) is 30.2 Å². The lowest BCUT2D eigenvalue weighted by molar-refractivity contribution is 0.102. The summed E-state index contributed by atoms with van der Waals surface area (Å²) in [6, 6.07) is 13.8. The average Bonchev–Trinajstić information content (AvgIpc) is 2.66. The van der Waals surface area contributed by atoms with Gasteiger partial charge in [0.1, 0.15) is 0 Å². The number of carbonyl (C=O) groups is 1. The Kier molecular flexibility index (Phi) is 5.25. The fourth-order valence-corrected chi connectivity index (χ4v) is 2.28. The van der Waals surface area contributed by atoms with E-state index in [9.17, 15) is 13.6 Å². The van der Waals surface area contributed by atoms with Crippen LogP contribution in [0.1, 0.15) is 10.5 Å². The Morgan fingerprint density at radius 1 is 0.889 bits per heavy atom. The van der Waals surface area contributed by atoms with E-state index >= 15 is 0 Å². The Bertz CT molecular complexity index is 943. The number of hydrogen-bond acceptors (Lipinski definition) is 5. The third-order valence-corrected chi connectivity index (χ3v) is 3.73. The van der Waals surface area contributed by atoms with Crippen molar-refractivity contribution in [1.82, 2.24) is 10.2 Å². The van der Waals surface area contributed by atoms with Gasteiger partial charge in [-0.2, -0.15) is 0 Å². The molecule has 3 rings (SSSR count). The molecule has 8 heteroatoms. The van der Waals surface area contributed by atoms with Crippen molar-refractivity contribution in [3.05, 3.63) is 71.9 Å². The first kappa shape index (κ1) is 18.2. The molecule has 2 aromatic carbocycles. The summed E-state index contributed by atoms with van der Waals surface area (Å²) in [4.78, 5) is 14.2. The van der Waals surface area contributed by atoms with Gasteiger partial charge < -0.3 is 15.5 Å². The largest absolute Gasteiger partial charge is 0.378 e. The van der Waals surface area contributed by atoms with Crippen LogP contribution in [0, 0.1) is 11.6 Å².